The van der Waals surface area contributed by atoms with Crippen molar-refractivity contribution in [3.63, 3.8) is 0 Å². The summed E-state index contributed by atoms with van der Waals surface area (Å²) in [4.78, 5) is 28.6. The third-order valence-corrected chi connectivity index (χ3v) is 5.18. The summed E-state index contributed by atoms with van der Waals surface area (Å²) in [5.74, 6) is -1.21. The Balaban J connectivity index is 1.68. The first-order valence-corrected chi connectivity index (χ1v) is 9.29. The van der Waals surface area contributed by atoms with E-state index in [4.69, 9.17) is 14.2 Å². The van der Waals surface area contributed by atoms with Crippen LogP contribution >= 0.6 is 0 Å². The lowest BCUT2D eigenvalue weighted by atomic mass is 10.1. The molecule has 0 amide bonds. The molecule has 29 heavy (non-hydrogen) atoms. The molecule has 150 valence electrons. The Hall–Kier alpha value is -3.32. The second-order valence-electron chi connectivity index (χ2n) is 6.86. The quantitative estimate of drug-likeness (QED) is 0.739. The number of nitrogens with zero attached hydrogens (tertiary/aromatic N) is 2. The lowest BCUT2D eigenvalue weighted by Crippen LogP contribution is -2.38. The smallest absolute Gasteiger partial charge is 0.355 e. The van der Waals surface area contributed by atoms with Crippen LogP contribution in [0.3, 0.4) is 0 Å². The van der Waals surface area contributed by atoms with Crippen molar-refractivity contribution < 1.29 is 23.8 Å². The number of benzene rings is 2. The number of hydrogen-bond acceptors (Lipinski definition) is 7. The maximum atomic E-state index is 12.5. The van der Waals surface area contributed by atoms with Crippen LogP contribution in [0.15, 0.2) is 59.8 Å². The van der Waals surface area contributed by atoms with Crippen LogP contribution in [-0.4, -0.2) is 39.5 Å². The van der Waals surface area contributed by atoms with Crippen molar-refractivity contribution in [3.05, 3.63) is 70.9 Å². The maximum absolute atomic E-state index is 12.5. The first kappa shape index (κ1) is 19.0. The monoisotopic (exact) mass is 394 g/mol. The van der Waals surface area contributed by atoms with Crippen molar-refractivity contribution in [2.24, 2.45) is 0 Å². The SMILES string of the molecule is COC(=O)C1=C(C(=O)OC)N(c2cccc(N3Cc4ccccc4C3)c2)COC1. The van der Waals surface area contributed by atoms with Gasteiger partial charge in [-0.2, -0.15) is 0 Å². The van der Waals surface area contributed by atoms with Crippen LogP contribution in [0.25, 0.3) is 0 Å². The van der Waals surface area contributed by atoms with Crippen molar-refractivity contribution in [3.8, 4) is 0 Å². The Morgan fingerprint density at radius 3 is 2.21 bits per heavy atom. The topological polar surface area (TPSA) is 68.3 Å². The van der Waals surface area contributed by atoms with Gasteiger partial charge in [-0.1, -0.05) is 30.3 Å². The number of hydrogen-bond donors (Lipinski definition) is 0. The molecule has 2 aliphatic heterocycles. The van der Waals surface area contributed by atoms with Crippen molar-refractivity contribution in [1.82, 2.24) is 0 Å². The van der Waals surface area contributed by atoms with Gasteiger partial charge in [-0.3, -0.25) is 0 Å². The van der Waals surface area contributed by atoms with Crippen molar-refractivity contribution >= 4 is 23.3 Å². The molecule has 0 aliphatic carbocycles. The van der Waals surface area contributed by atoms with Crippen LogP contribution in [0.5, 0.6) is 0 Å². The molecule has 0 radical (unpaired) electrons. The van der Waals surface area contributed by atoms with Gasteiger partial charge in [0.05, 0.1) is 26.4 Å². The lowest BCUT2D eigenvalue weighted by Gasteiger charge is -2.32. The number of fused-ring (bicyclic) bond motifs is 1. The number of carbonyl (C=O) groups is 2. The minimum absolute atomic E-state index is 0.00523. The summed E-state index contributed by atoms with van der Waals surface area (Å²) in [5, 5.41) is 0. The van der Waals surface area contributed by atoms with Gasteiger partial charge < -0.3 is 24.0 Å². The molecule has 2 aromatic carbocycles. The molecule has 2 aromatic rings. The van der Waals surface area contributed by atoms with Crippen LogP contribution in [0.4, 0.5) is 11.4 Å². The highest BCUT2D eigenvalue weighted by Gasteiger charge is 2.32. The number of rotatable bonds is 4. The van der Waals surface area contributed by atoms with Crippen LogP contribution in [0.2, 0.25) is 0 Å². The minimum Gasteiger partial charge on any atom is -0.466 e. The Bertz CT molecular complexity index is 960. The Labute approximate surface area is 169 Å². The molecule has 7 heteroatoms. The highest BCUT2D eigenvalue weighted by atomic mass is 16.5. The molecule has 4 rings (SSSR count). The third-order valence-electron chi connectivity index (χ3n) is 5.18. The fourth-order valence-electron chi connectivity index (χ4n) is 3.72. The van der Waals surface area contributed by atoms with E-state index in [0.717, 1.165) is 24.5 Å². The fourth-order valence-corrected chi connectivity index (χ4v) is 3.72. The summed E-state index contributed by atoms with van der Waals surface area (Å²) in [6, 6.07) is 16.2. The zero-order chi connectivity index (χ0) is 20.4. The van der Waals surface area contributed by atoms with E-state index >= 15 is 0 Å². The van der Waals surface area contributed by atoms with Gasteiger partial charge in [0.15, 0.2) is 0 Å². The zero-order valence-corrected chi connectivity index (χ0v) is 16.4. The first-order chi connectivity index (χ1) is 14.1. The standard InChI is InChI=1S/C22H22N2O5/c1-27-21(25)19-13-29-14-24(20(19)22(26)28-2)18-9-5-8-17(10-18)23-11-15-6-3-4-7-16(15)12-23/h3-10H,11-14H2,1-2H3. The molecule has 2 aliphatic rings. The summed E-state index contributed by atoms with van der Waals surface area (Å²) < 4.78 is 15.3. The normalized spacial score (nSPS) is 15.9. The average Bonchev–Trinajstić information content (AvgIpc) is 3.22. The average molecular weight is 394 g/mol. The van der Waals surface area contributed by atoms with Gasteiger partial charge in [-0.15, -0.1) is 0 Å². The summed E-state index contributed by atoms with van der Waals surface area (Å²) in [7, 11) is 2.56. The van der Waals surface area contributed by atoms with E-state index in [-0.39, 0.29) is 24.6 Å². The van der Waals surface area contributed by atoms with E-state index in [1.165, 1.54) is 25.3 Å². The van der Waals surface area contributed by atoms with Crippen LogP contribution in [-0.2, 0) is 36.9 Å². The summed E-state index contributed by atoms with van der Waals surface area (Å²) in [5.41, 5.74) is 4.66. The van der Waals surface area contributed by atoms with Gasteiger partial charge in [0, 0.05) is 24.5 Å². The number of ether oxygens (including phenoxy) is 3. The Morgan fingerprint density at radius 1 is 0.897 bits per heavy atom. The van der Waals surface area contributed by atoms with E-state index in [9.17, 15) is 9.59 Å². The number of esters is 2. The molecule has 7 nitrogen and oxygen atoms in total. The van der Waals surface area contributed by atoms with Crippen LogP contribution in [0.1, 0.15) is 11.1 Å². The number of carbonyl (C=O) groups excluding carboxylic acids is 2. The molecule has 0 fully saturated rings. The zero-order valence-electron chi connectivity index (χ0n) is 16.4. The van der Waals surface area contributed by atoms with Crippen LogP contribution in [0, 0.1) is 0 Å². The molecule has 0 saturated carbocycles. The van der Waals surface area contributed by atoms with Gasteiger partial charge in [-0.25, -0.2) is 9.59 Å². The van der Waals surface area contributed by atoms with Crippen molar-refractivity contribution in [2.45, 2.75) is 13.1 Å². The molecule has 2 heterocycles. The van der Waals surface area contributed by atoms with Crippen molar-refractivity contribution in [1.29, 1.82) is 0 Å². The van der Waals surface area contributed by atoms with Gasteiger partial charge in [-0.05, 0) is 29.3 Å². The second kappa shape index (κ2) is 7.97. The number of methoxy groups -OCH3 is 2. The van der Waals surface area contributed by atoms with E-state index in [2.05, 4.69) is 17.0 Å². The first-order valence-electron chi connectivity index (χ1n) is 9.29. The molecule has 0 saturated heterocycles. The van der Waals surface area contributed by atoms with E-state index in [1.807, 2.05) is 36.4 Å². The van der Waals surface area contributed by atoms with E-state index in [1.54, 1.807) is 4.90 Å². The predicted octanol–water partition coefficient (Wildman–Crippen LogP) is 2.60. The summed E-state index contributed by atoms with van der Waals surface area (Å²) >= 11 is 0. The summed E-state index contributed by atoms with van der Waals surface area (Å²) in [6.07, 6.45) is 0. The van der Waals surface area contributed by atoms with Gasteiger partial charge in [0.25, 0.3) is 0 Å². The van der Waals surface area contributed by atoms with Gasteiger partial charge >= 0.3 is 11.9 Å². The molecule has 0 N–H and O–H groups in total. The molecule has 0 bridgehead atoms. The Morgan fingerprint density at radius 2 is 1.55 bits per heavy atom. The molecular formula is C22H22N2O5. The Kier molecular flexibility index (Phi) is 5.22. The lowest BCUT2D eigenvalue weighted by molar-refractivity contribution is -0.140. The minimum atomic E-state index is -0.610. The molecule has 0 spiro atoms. The largest absolute Gasteiger partial charge is 0.466 e. The van der Waals surface area contributed by atoms with E-state index in [0.29, 0.717) is 0 Å². The molecule has 0 atom stereocenters. The highest BCUT2D eigenvalue weighted by molar-refractivity contribution is 6.03. The van der Waals surface area contributed by atoms with Gasteiger partial charge in [0.1, 0.15) is 12.4 Å². The molecular weight excluding hydrogens is 372 g/mol. The molecule has 0 unspecified atom stereocenters. The highest BCUT2D eigenvalue weighted by Crippen LogP contribution is 2.33. The van der Waals surface area contributed by atoms with Crippen molar-refractivity contribution in [2.75, 3.05) is 37.4 Å². The maximum Gasteiger partial charge on any atom is 0.355 e. The van der Waals surface area contributed by atoms with Gasteiger partial charge in [0.2, 0.25) is 0 Å². The summed E-state index contributed by atoms with van der Waals surface area (Å²) in [6.45, 7) is 1.77. The number of anilines is 2. The third kappa shape index (κ3) is 3.56. The van der Waals surface area contributed by atoms with Crippen LogP contribution < -0.4 is 9.80 Å². The molecule has 0 aromatic heterocycles. The fraction of sp³-hybridized carbons (Fsp3) is 0.273. The predicted molar refractivity (Wildman–Crippen MR) is 107 cm³/mol. The van der Waals surface area contributed by atoms with E-state index < -0.39 is 11.9 Å². The second-order valence-corrected chi connectivity index (χ2v) is 6.86.